The molecule has 0 saturated heterocycles. The summed E-state index contributed by atoms with van der Waals surface area (Å²) in [4.78, 5) is 12.2. The van der Waals surface area contributed by atoms with Gasteiger partial charge in [-0.3, -0.25) is 4.79 Å². The van der Waals surface area contributed by atoms with Crippen molar-refractivity contribution in [3.05, 3.63) is 33.8 Å². The quantitative estimate of drug-likeness (QED) is 0.722. The topological polar surface area (TPSA) is 29.1 Å². The minimum absolute atomic E-state index is 0.0507. The number of halogens is 3. The Bertz CT molecular complexity index is 416. The van der Waals surface area contributed by atoms with Gasteiger partial charge in [0.15, 0.2) is 0 Å². The molecule has 0 spiro atoms. The van der Waals surface area contributed by atoms with Crippen LogP contribution in [0.15, 0.2) is 22.7 Å². The van der Waals surface area contributed by atoms with Crippen LogP contribution in [0.25, 0.3) is 0 Å². The molecule has 5 heteroatoms. The first-order valence-electron chi connectivity index (χ1n) is 5.12. The van der Waals surface area contributed by atoms with Crippen LogP contribution in [0.1, 0.15) is 22.8 Å². The number of carbonyl (C=O) groups is 1. The second-order valence-electron chi connectivity index (χ2n) is 4.24. The maximum Gasteiger partial charge on any atom is 0.252 e. The zero-order chi connectivity index (χ0) is 13.1. The van der Waals surface area contributed by atoms with Crippen molar-refractivity contribution >= 4 is 53.7 Å². The van der Waals surface area contributed by atoms with Gasteiger partial charge in [0.05, 0.1) is 5.54 Å². The Morgan fingerprint density at radius 2 is 1.94 bits per heavy atom. The van der Waals surface area contributed by atoms with E-state index in [1.807, 2.05) is 32.0 Å². The Morgan fingerprint density at radius 3 is 2.47 bits per heavy atom. The first-order valence-corrected chi connectivity index (χ1v) is 8.16. The summed E-state index contributed by atoms with van der Waals surface area (Å²) in [5.74, 6) is -0.0507. The largest absolute Gasteiger partial charge is 0.345 e. The number of rotatable bonds is 4. The number of hydrogen-bond acceptors (Lipinski definition) is 1. The summed E-state index contributed by atoms with van der Waals surface area (Å²) in [7, 11) is 0. The first-order chi connectivity index (χ1) is 7.91. The highest BCUT2D eigenvalue weighted by molar-refractivity contribution is 9.10. The number of carbonyl (C=O) groups excluding carboxylic acids is 1. The van der Waals surface area contributed by atoms with Gasteiger partial charge >= 0.3 is 0 Å². The van der Waals surface area contributed by atoms with Gasteiger partial charge in [0.2, 0.25) is 0 Å². The van der Waals surface area contributed by atoms with Gasteiger partial charge in [-0.1, -0.05) is 53.9 Å². The summed E-state index contributed by atoms with van der Waals surface area (Å²) >= 11 is 10.2. The van der Waals surface area contributed by atoms with Crippen molar-refractivity contribution < 1.29 is 4.79 Å². The van der Waals surface area contributed by atoms with E-state index in [-0.39, 0.29) is 11.4 Å². The molecule has 1 aromatic carbocycles. The van der Waals surface area contributed by atoms with Crippen molar-refractivity contribution in [2.24, 2.45) is 0 Å². The van der Waals surface area contributed by atoms with Crippen molar-refractivity contribution in [2.45, 2.75) is 19.4 Å². The molecule has 0 aliphatic heterocycles. The molecule has 2 nitrogen and oxygen atoms in total. The molecular formula is C12H14Br3NO. The molecule has 0 saturated carbocycles. The third-order valence-corrected chi connectivity index (χ3v) is 5.42. The number of alkyl halides is 2. The predicted molar refractivity (Wildman–Crippen MR) is 82.3 cm³/mol. The van der Waals surface area contributed by atoms with E-state index in [1.54, 1.807) is 0 Å². The maximum atomic E-state index is 12.2. The van der Waals surface area contributed by atoms with Crippen LogP contribution in [-0.2, 0) is 0 Å². The van der Waals surface area contributed by atoms with Crippen LogP contribution in [0.5, 0.6) is 0 Å². The fraction of sp³-hybridized carbons (Fsp3) is 0.417. The SMILES string of the molecule is Cc1ccc(Br)cc1C(=O)NC(C)(CBr)CBr. The van der Waals surface area contributed by atoms with Gasteiger partial charge in [-0.25, -0.2) is 0 Å². The molecule has 0 unspecified atom stereocenters. The van der Waals surface area contributed by atoms with Crippen LogP contribution in [-0.4, -0.2) is 22.1 Å². The standard InChI is InChI=1S/C12H14Br3NO/c1-8-3-4-9(15)5-10(8)11(17)16-12(2,6-13)7-14/h3-5H,6-7H2,1-2H3,(H,16,17). The molecule has 1 amide bonds. The van der Waals surface area contributed by atoms with Crippen LogP contribution in [0, 0.1) is 6.92 Å². The average Bonchev–Trinajstić information content (AvgIpc) is 2.32. The van der Waals surface area contributed by atoms with Crippen molar-refractivity contribution in [3.63, 3.8) is 0 Å². The van der Waals surface area contributed by atoms with Crippen LogP contribution < -0.4 is 5.32 Å². The molecule has 0 aliphatic carbocycles. The van der Waals surface area contributed by atoms with Crippen molar-refractivity contribution in [2.75, 3.05) is 10.7 Å². The van der Waals surface area contributed by atoms with Crippen molar-refractivity contribution in [1.29, 1.82) is 0 Å². The van der Waals surface area contributed by atoms with Crippen LogP contribution in [0.3, 0.4) is 0 Å². The molecule has 1 aromatic rings. The molecule has 1 rings (SSSR count). The number of aryl methyl sites for hydroxylation is 1. The highest BCUT2D eigenvalue weighted by Crippen LogP contribution is 2.18. The summed E-state index contributed by atoms with van der Waals surface area (Å²) in [5.41, 5.74) is 1.39. The first kappa shape index (κ1) is 15.2. The molecular weight excluding hydrogens is 414 g/mol. The molecule has 17 heavy (non-hydrogen) atoms. The average molecular weight is 428 g/mol. The second-order valence-corrected chi connectivity index (χ2v) is 6.28. The summed E-state index contributed by atoms with van der Waals surface area (Å²) in [6, 6.07) is 5.70. The molecule has 1 N–H and O–H groups in total. The van der Waals surface area contributed by atoms with Crippen molar-refractivity contribution in [1.82, 2.24) is 5.32 Å². The van der Waals surface area contributed by atoms with Gasteiger partial charge in [0, 0.05) is 20.7 Å². The molecule has 0 aromatic heterocycles. The lowest BCUT2D eigenvalue weighted by Gasteiger charge is -2.26. The molecule has 0 atom stereocenters. The predicted octanol–water partition coefficient (Wildman–Crippen LogP) is 4.04. The van der Waals surface area contributed by atoms with Crippen molar-refractivity contribution in [3.8, 4) is 0 Å². The third-order valence-electron chi connectivity index (χ3n) is 2.45. The van der Waals surface area contributed by atoms with E-state index < -0.39 is 0 Å². The van der Waals surface area contributed by atoms with Crippen LogP contribution in [0.2, 0.25) is 0 Å². The van der Waals surface area contributed by atoms with E-state index in [1.165, 1.54) is 0 Å². The fourth-order valence-electron chi connectivity index (χ4n) is 1.28. The lowest BCUT2D eigenvalue weighted by Crippen LogP contribution is -2.49. The Kier molecular flexibility index (Phi) is 5.67. The molecule has 0 heterocycles. The van der Waals surface area contributed by atoms with Crippen LogP contribution in [0.4, 0.5) is 0 Å². The van der Waals surface area contributed by atoms with Gasteiger partial charge in [0.25, 0.3) is 5.91 Å². The summed E-state index contributed by atoms with van der Waals surface area (Å²) < 4.78 is 0.910. The normalized spacial score (nSPS) is 11.4. The summed E-state index contributed by atoms with van der Waals surface area (Å²) in [5, 5.41) is 4.42. The van der Waals surface area contributed by atoms with E-state index >= 15 is 0 Å². The zero-order valence-electron chi connectivity index (χ0n) is 9.69. The second kappa shape index (κ2) is 6.34. The molecule has 0 bridgehead atoms. The Morgan fingerprint density at radius 1 is 1.35 bits per heavy atom. The number of nitrogens with one attached hydrogen (secondary N) is 1. The van der Waals surface area contributed by atoms with E-state index in [2.05, 4.69) is 53.1 Å². The molecule has 0 fully saturated rings. The third kappa shape index (κ3) is 4.07. The Hall–Kier alpha value is 0.130. The van der Waals surface area contributed by atoms with Gasteiger partial charge in [-0.05, 0) is 31.5 Å². The monoisotopic (exact) mass is 425 g/mol. The Balaban J connectivity index is 2.94. The molecule has 0 radical (unpaired) electrons. The van der Waals surface area contributed by atoms with E-state index in [4.69, 9.17) is 0 Å². The zero-order valence-corrected chi connectivity index (χ0v) is 14.4. The van der Waals surface area contributed by atoms with E-state index in [9.17, 15) is 4.79 Å². The van der Waals surface area contributed by atoms with Gasteiger partial charge < -0.3 is 5.32 Å². The molecule has 94 valence electrons. The van der Waals surface area contributed by atoms with Gasteiger partial charge in [-0.15, -0.1) is 0 Å². The number of benzene rings is 1. The molecule has 0 aliphatic rings. The minimum atomic E-state index is -0.286. The summed E-state index contributed by atoms with van der Waals surface area (Å²) in [6.07, 6.45) is 0. The van der Waals surface area contributed by atoms with E-state index in [0.717, 1.165) is 10.0 Å². The van der Waals surface area contributed by atoms with Crippen LogP contribution >= 0.6 is 47.8 Å². The minimum Gasteiger partial charge on any atom is -0.345 e. The van der Waals surface area contributed by atoms with Gasteiger partial charge in [0.1, 0.15) is 0 Å². The Labute approximate surface area is 127 Å². The van der Waals surface area contributed by atoms with Gasteiger partial charge in [-0.2, -0.15) is 0 Å². The lowest BCUT2D eigenvalue weighted by molar-refractivity contribution is 0.0922. The fourth-order valence-corrected chi connectivity index (χ4v) is 2.85. The highest BCUT2D eigenvalue weighted by Gasteiger charge is 2.24. The number of amides is 1. The summed E-state index contributed by atoms with van der Waals surface area (Å²) in [6.45, 7) is 3.92. The highest BCUT2D eigenvalue weighted by atomic mass is 79.9. The smallest absolute Gasteiger partial charge is 0.252 e. The lowest BCUT2D eigenvalue weighted by atomic mass is 10.0. The number of hydrogen-bond donors (Lipinski definition) is 1. The van der Waals surface area contributed by atoms with E-state index in [0.29, 0.717) is 16.2 Å². The maximum absolute atomic E-state index is 12.2.